The number of allylic oxidation sites excluding steroid dienone is 2. The number of halogens is 3. The Kier molecular flexibility index (Phi) is 7.54. The highest BCUT2D eigenvalue weighted by Crippen LogP contribution is 2.46. The lowest BCUT2D eigenvalue weighted by atomic mass is 9.84. The van der Waals surface area contributed by atoms with Crippen LogP contribution in [0.25, 0.3) is 16.8 Å². The fourth-order valence-electron chi connectivity index (χ4n) is 5.72. The number of ether oxygens (including phenoxy) is 1. The number of aromatic nitrogens is 5. The zero-order chi connectivity index (χ0) is 29.6. The predicted molar refractivity (Wildman–Crippen MR) is 163 cm³/mol. The molecule has 10 nitrogen and oxygen atoms in total. The summed E-state index contributed by atoms with van der Waals surface area (Å²) in [6.45, 7) is 2.17. The summed E-state index contributed by atoms with van der Waals surface area (Å²) in [7, 11) is 0. The number of hydrogen-bond donors (Lipinski definition) is 3. The van der Waals surface area contributed by atoms with Crippen LogP contribution in [0.2, 0.25) is 15.1 Å². The molecular formula is C30H28Cl3N7O3. The molecule has 13 heteroatoms. The molecule has 2 aromatic heterocycles. The van der Waals surface area contributed by atoms with Gasteiger partial charge in [0.2, 0.25) is 5.82 Å². The highest BCUT2D eigenvalue weighted by atomic mass is 35.5. The molecule has 0 radical (unpaired) electrons. The first-order valence-corrected chi connectivity index (χ1v) is 15.3. The topological polar surface area (TPSA) is 125 Å². The number of piperidine rings is 1. The Morgan fingerprint density at radius 2 is 1.86 bits per heavy atom. The van der Waals surface area contributed by atoms with Crippen molar-refractivity contribution in [1.29, 1.82) is 0 Å². The molecule has 2 aliphatic heterocycles. The van der Waals surface area contributed by atoms with E-state index in [9.17, 15) is 5.11 Å². The number of nitrogens with one attached hydrogen (secondary N) is 2. The number of benzene rings is 2. The van der Waals surface area contributed by atoms with Crippen molar-refractivity contribution in [2.75, 3.05) is 19.6 Å². The number of hydrogen-bond acceptors (Lipinski definition) is 9. The maximum atomic E-state index is 11.7. The van der Waals surface area contributed by atoms with Crippen molar-refractivity contribution in [3.63, 3.8) is 0 Å². The van der Waals surface area contributed by atoms with Crippen LogP contribution < -0.4 is 10.1 Å². The number of H-pyrrole nitrogens is 1. The largest absolute Gasteiger partial charge is 0.489 e. The van der Waals surface area contributed by atoms with E-state index < -0.39 is 5.60 Å². The summed E-state index contributed by atoms with van der Waals surface area (Å²) in [6, 6.07) is 10.8. The molecular weight excluding hydrogens is 613 g/mol. The summed E-state index contributed by atoms with van der Waals surface area (Å²) >= 11 is 19.8. The van der Waals surface area contributed by atoms with Gasteiger partial charge in [0.1, 0.15) is 29.6 Å². The number of aromatic amines is 1. The lowest BCUT2D eigenvalue weighted by Crippen LogP contribution is -2.45. The van der Waals surface area contributed by atoms with E-state index >= 15 is 0 Å². The molecule has 0 unspecified atom stereocenters. The normalized spacial score (nSPS) is 18.2. The Hall–Kier alpha value is -3.57. The van der Waals surface area contributed by atoms with Crippen molar-refractivity contribution >= 4 is 40.4 Å². The Balaban J connectivity index is 1.05. The van der Waals surface area contributed by atoms with E-state index in [1.165, 1.54) is 0 Å². The Morgan fingerprint density at radius 1 is 1.07 bits per heavy atom. The van der Waals surface area contributed by atoms with Crippen LogP contribution in [0.15, 0.2) is 58.9 Å². The van der Waals surface area contributed by atoms with Gasteiger partial charge in [0.25, 0.3) is 0 Å². The van der Waals surface area contributed by atoms with Gasteiger partial charge >= 0.3 is 0 Å². The van der Waals surface area contributed by atoms with E-state index in [1.807, 2.05) is 24.3 Å². The Morgan fingerprint density at radius 3 is 2.56 bits per heavy atom. The monoisotopic (exact) mass is 639 g/mol. The van der Waals surface area contributed by atoms with Crippen LogP contribution >= 0.6 is 34.8 Å². The molecule has 222 valence electrons. The van der Waals surface area contributed by atoms with E-state index in [1.54, 1.807) is 24.3 Å². The Bertz CT molecular complexity index is 1690. The van der Waals surface area contributed by atoms with Crippen LogP contribution in [0, 0.1) is 0 Å². The number of likely N-dealkylation sites (tertiary alicyclic amines) is 1. The third kappa shape index (κ3) is 5.60. The molecule has 1 saturated heterocycles. The van der Waals surface area contributed by atoms with E-state index in [0.717, 1.165) is 35.6 Å². The van der Waals surface area contributed by atoms with Gasteiger partial charge in [0, 0.05) is 42.3 Å². The second kappa shape index (κ2) is 11.5. The fourth-order valence-corrected chi connectivity index (χ4v) is 6.64. The van der Waals surface area contributed by atoms with Crippen LogP contribution in [-0.2, 0) is 12.2 Å². The van der Waals surface area contributed by atoms with Crippen molar-refractivity contribution in [2.24, 2.45) is 0 Å². The summed E-state index contributed by atoms with van der Waals surface area (Å²) in [5.41, 5.74) is 2.57. The third-order valence-corrected chi connectivity index (χ3v) is 9.17. The van der Waals surface area contributed by atoms with Gasteiger partial charge in [-0.1, -0.05) is 58.2 Å². The van der Waals surface area contributed by atoms with Crippen molar-refractivity contribution in [3.8, 4) is 17.0 Å². The number of dihydropyridines is 1. The molecule has 0 atom stereocenters. The van der Waals surface area contributed by atoms with Crippen molar-refractivity contribution in [3.05, 3.63) is 92.2 Å². The average molecular weight is 641 g/mol. The van der Waals surface area contributed by atoms with Crippen LogP contribution in [0.4, 0.5) is 0 Å². The Labute approximate surface area is 262 Å². The van der Waals surface area contributed by atoms with Crippen molar-refractivity contribution in [1.82, 2.24) is 36.0 Å². The standard InChI is InChI=1S/C30H28Cl3N7O3/c31-22-2-1-3-23(32)26(22)27-20(28(43-37-27)17-4-5-17)16-42-19-6-7-21(24(33)15-19)30(41)9-12-40(13-10-30)25-14-18(8-11-34-25)29-35-38-39-36-29/h1-3,6-8,14-15,17,34,41H,4-5,9-13,16H2,(H,35,36,38,39). The molecule has 3 N–H and O–H groups in total. The zero-order valence-corrected chi connectivity index (χ0v) is 25.3. The number of tetrazole rings is 1. The second-order valence-electron chi connectivity index (χ2n) is 11.0. The molecule has 2 aromatic carbocycles. The minimum absolute atomic E-state index is 0.212. The predicted octanol–water partition coefficient (Wildman–Crippen LogP) is 6.08. The van der Waals surface area contributed by atoms with E-state index in [0.29, 0.717) is 81.9 Å². The summed E-state index contributed by atoms with van der Waals surface area (Å²) < 4.78 is 12.0. The molecule has 1 saturated carbocycles. The van der Waals surface area contributed by atoms with Crippen LogP contribution in [0.5, 0.6) is 5.75 Å². The van der Waals surface area contributed by atoms with Gasteiger partial charge in [-0.15, -0.1) is 10.2 Å². The average Bonchev–Trinajstić information content (AvgIpc) is 3.52. The lowest BCUT2D eigenvalue weighted by Gasteiger charge is -2.41. The SMILES string of the molecule is OC1(c2ccc(OCc3c(-c4c(Cl)cccc4Cl)noc3C3CC3)cc2Cl)CCN(C2=CC(c3nn[nH]n3)=CCN2)CC1. The molecule has 0 bridgehead atoms. The second-order valence-corrected chi connectivity index (χ2v) is 12.2. The number of nitrogens with zero attached hydrogens (tertiary/aromatic N) is 5. The smallest absolute Gasteiger partial charge is 0.204 e. The van der Waals surface area contributed by atoms with Crippen LogP contribution in [-0.4, -0.2) is 55.4 Å². The first-order valence-electron chi connectivity index (χ1n) is 14.1. The summed E-state index contributed by atoms with van der Waals surface area (Å²) in [6.07, 6.45) is 7.13. The maximum Gasteiger partial charge on any atom is 0.204 e. The highest BCUT2D eigenvalue weighted by molar-refractivity contribution is 6.39. The lowest BCUT2D eigenvalue weighted by molar-refractivity contribution is -0.0198. The van der Waals surface area contributed by atoms with Gasteiger partial charge in [0.15, 0.2) is 0 Å². The molecule has 1 aliphatic carbocycles. The van der Waals surface area contributed by atoms with Gasteiger partial charge < -0.3 is 24.6 Å². The van der Waals surface area contributed by atoms with Gasteiger partial charge in [-0.25, -0.2) is 0 Å². The van der Waals surface area contributed by atoms with E-state index in [-0.39, 0.29) is 6.61 Å². The molecule has 4 aromatic rings. The third-order valence-electron chi connectivity index (χ3n) is 8.22. The summed E-state index contributed by atoms with van der Waals surface area (Å²) in [5.74, 6) is 3.21. The molecule has 7 rings (SSSR count). The van der Waals surface area contributed by atoms with Crippen LogP contribution in [0.3, 0.4) is 0 Å². The minimum Gasteiger partial charge on any atom is -0.489 e. The minimum atomic E-state index is -1.06. The molecule has 3 aliphatic rings. The van der Waals surface area contributed by atoms with Gasteiger partial charge in [-0.05, 0) is 61.2 Å². The number of rotatable bonds is 8. The van der Waals surface area contributed by atoms with E-state index in [4.69, 9.17) is 44.1 Å². The quantitative estimate of drug-likeness (QED) is 0.210. The highest BCUT2D eigenvalue weighted by Gasteiger charge is 2.37. The van der Waals surface area contributed by atoms with Gasteiger partial charge in [-0.2, -0.15) is 5.21 Å². The van der Waals surface area contributed by atoms with Gasteiger partial charge in [-0.3, -0.25) is 0 Å². The first kappa shape index (κ1) is 28.2. The maximum absolute atomic E-state index is 11.7. The first-order chi connectivity index (χ1) is 20.9. The molecule has 0 amide bonds. The molecule has 4 heterocycles. The molecule has 0 spiro atoms. The van der Waals surface area contributed by atoms with E-state index in [2.05, 4.69) is 36.0 Å². The number of aliphatic hydroxyl groups is 1. The summed E-state index contributed by atoms with van der Waals surface area (Å²) in [4.78, 5) is 2.21. The molecule has 43 heavy (non-hydrogen) atoms. The van der Waals surface area contributed by atoms with Crippen molar-refractivity contribution < 1.29 is 14.4 Å². The zero-order valence-electron chi connectivity index (χ0n) is 23.0. The molecule has 2 fully saturated rings. The van der Waals surface area contributed by atoms with Gasteiger partial charge in [0.05, 0.1) is 26.2 Å². The fraction of sp³-hybridized carbons (Fsp3) is 0.333. The van der Waals surface area contributed by atoms with Crippen molar-refractivity contribution in [2.45, 2.75) is 43.8 Å². The summed E-state index contributed by atoms with van der Waals surface area (Å²) in [5, 5.41) is 35.1. The van der Waals surface area contributed by atoms with Crippen LogP contribution in [0.1, 0.15) is 54.3 Å².